The molecule has 19 heavy (non-hydrogen) atoms. The van der Waals surface area contributed by atoms with Gasteiger partial charge in [0.15, 0.2) is 0 Å². The van der Waals surface area contributed by atoms with E-state index in [-0.39, 0.29) is 36.4 Å². The van der Waals surface area contributed by atoms with Crippen LogP contribution in [0.25, 0.3) is 0 Å². The third kappa shape index (κ3) is 3.45. The number of rotatable bonds is 3. The van der Waals surface area contributed by atoms with Crippen LogP contribution in [0.5, 0.6) is 0 Å². The molecule has 0 aliphatic carbocycles. The fourth-order valence-electron chi connectivity index (χ4n) is 2.50. The minimum atomic E-state index is -0.336. The third-order valence-electron chi connectivity index (χ3n) is 3.70. The summed E-state index contributed by atoms with van der Waals surface area (Å²) in [6.07, 6.45) is 0.493. The van der Waals surface area contributed by atoms with Gasteiger partial charge in [-0.3, -0.25) is 9.59 Å². The van der Waals surface area contributed by atoms with Gasteiger partial charge in [-0.15, -0.1) is 0 Å². The molecule has 2 saturated heterocycles. The molecule has 1 amide bonds. The minimum Gasteiger partial charge on any atom is -0.469 e. The lowest BCUT2D eigenvalue weighted by atomic mass is 10.0. The van der Waals surface area contributed by atoms with Crippen molar-refractivity contribution in [3.63, 3.8) is 0 Å². The molecule has 0 aromatic rings. The molecule has 2 rings (SSSR count). The summed E-state index contributed by atoms with van der Waals surface area (Å²) in [5.74, 6) is -0.0395. The van der Waals surface area contributed by atoms with Crippen molar-refractivity contribution in [3.05, 3.63) is 0 Å². The van der Waals surface area contributed by atoms with Crippen molar-refractivity contribution >= 4 is 11.9 Å². The van der Waals surface area contributed by atoms with Crippen LogP contribution >= 0.6 is 0 Å². The predicted molar refractivity (Wildman–Crippen MR) is 66.5 cm³/mol. The molecule has 2 heterocycles. The van der Waals surface area contributed by atoms with Gasteiger partial charge in [0.2, 0.25) is 0 Å². The first-order chi connectivity index (χ1) is 9.11. The van der Waals surface area contributed by atoms with Crippen molar-refractivity contribution in [2.24, 2.45) is 5.92 Å². The fourth-order valence-corrected chi connectivity index (χ4v) is 2.50. The smallest absolute Gasteiger partial charge is 0.308 e. The average Bonchev–Trinajstić information content (AvgIpc) is 2.84. The van der Waals surface area contributed by atoms with Crippen LogP contribution in [-0.2, 0) is 23.8 Å². The van der Waals surface area contributed by atoms with Crippen molar-refractivity contribution in [2.75, 3.05) is 33.4 Å². The fraction of sp³-hybridized carbons (Fsp3) is 0.846. The monoisotopic (exact) mass is 271 g/mol. The van der Waals surface area contributed by atoms with E-state index in [2.05, 4.69) is 4.74 Å². The van der Waals surface area contributed by atoms with Crippen molar-refractivity contribution in [1.29, 1.82) is 0 Å². The summed E-state index contributed by atoms with van der Waals surface area (Å²) in [5.41, 5.74) is 0. The molecule has 2 aliphatic rings. The molecule has 6 nitrogen and oxygen atoms in total. The van der Waals surface area contributed by atoms with Gasteiger partial charge >= 0.3 is 5.97 Å². The normalized spacial score (nSPS) is 31.3. The predicted octanol–water partition coefficient (Wildman–Crippen LogP) is 0.202. The molecule has 2 fully saturated rings. The van der Waals surface area contributed by atoms with Crippen LogP contribution in [0.4, 0.5) is 0 Å². The number of ether oxygens (including phenoxy) is 3. The van der Waals surface area contributed by atoms with Gasteiger partial charge in [-0.25, -0.2) is 0 Å². The van der Waals surface area contributed by atoms with E-state index < -0.39 is 0 Å². The van der Waals surface area contributed by atoms with Gasteiger partial charge in [0.05, 0.1) is 26.2 Å². The van der Waals surface area contributed by atoms with Gasteiger partial charge in [0.25, 0.3) is 5.91 Å². The lowest BCUT2D eigenvalue weighted by Crippen LogP contribution is -2.50. The zero-order valence-electron chi connectivity index (χ0n) is 11.5. The van der Waals surface area contributed by atoms with Gasteiger partial charge in [-0.2, -0.15) is 0 Å². The SMILES string of the molecule is COC(=O)CC1CN(C(=O)C2OCCC2C)CCO1. The molecule has 0 bridgehead atoms. The Balaban J connectivity index is 1.89. The van der Waals surface area contributed by atoms with Crippen LogP contribution in [0.2, 0.25) is 0 Å². The molecule has 0 aromatic carbocycles. The zero-order valence-corrected chi connectivity index (χ0v) is 11.5. The summed E-state index contributed by atoms with van der Waals surface area (Å²) in [7, 11) is 1.35. The Kier molecular flexibility index (Phi) is 4.76. The molecule has 0 N–H and O–H groups in total. The number of nitrogens with zero attached hydrogens (tertiary/aromatic N) is 1. The molecule has 2 aliphatic heterocycles. The minimum absolute atomic E-state index is 0.0168. The highest BCUT2D eigenvalue weighted by Crippen LogP contribution is 2.23. The van der Waals surface area contributed by atoms with Gasteiger partial charge in [0, 0.05) is 19.7 Å². The Morgan fingerprint density at radius 1 is 1.32 bits per heavy atom. The van der Waals surface area contributed by atoms with E-state index in [1.165, 1.54) is 7.11 Å². The van der Waals surface area contributed by atoms with Gasteiger partial charge in [-0.05, 0) is 12.3 Å². The molecule has 0 aromatic heterocycles. The van der Waals surface area contributed by atoms with Gasteiger partial charge in [0.1, 0.15) is 6.10 Å². The van der Waals surface area contributed by atoms with Crippen LogP contribution < -0.4 is 0 Å². The topological polar surface area (TPSA) is 65.1 Å². The van der Waals surface area contributed by atoms with Crippen molar-refractivity contribution < 1.29 is 23.8 Å². The highest BCUT2D eigenvalue weighted by atomic mass is 16.5. The first-order valence-electron chi connectivity index (χ1n) is 6.70. The maximum atomic E-state index is 12.3. The second kappa shape index (κ2) is 6.34. The number of carbonyl (C=O) groups is 2. The van der Waals surface area contributed by atoms with Crippen LogP contribution in [0.15, 0.2) is 0 Å². The van der Waals surface area contributed by atoms with Crippen molar-refractivity contribution in [2.45, 2.75) is 32.0 Å². The summed E-state index contributed by atoms with van der Waals surface area (Å²) < 4.78 is 15.6. The number of esters is 1. The van der Waals surface area contributed by atoms with Crippen LogP contribution in [-0.4, -0.2) is 62.4 Å². The van der Waals surface area contributed by atoms with Crippen molar-refractivity contribution in [3.8, 4) is 0 Å². The summed E-state index contributed by atoms with van der Waals surface area (Å²) in [6.45, 7) is 4.12. The number of hydrogen-bond acceptors (Lipinski definition) is 5. The Labute approximate surface area is 113 Å². The van der Waals surface area contributed by atoms with Crippen LogP contribution in [0.3, 0.4) is 0 Å². The quantitative estimate of drug-likeness (QED) is 0.686. The molecule has 0 radical (unpaired) electrons. The van der Waals surface area contributed by atoms with Crippen molar-refractivity contribution in [1.82, 2.24) is 4.90 Å². The van der Waals surface area contributed by atoms with Crippen LogP contribution in [0, 0.1) is 5.92 Å². The second-order valence-electron chi connectivity index (χ2n) is 5.11. The summed E-state index contributed by atoms with van der Waals surface area (Å²) in [6, 6.07) is 0. The van der Waals surface area contributed by atoms with E-state index in [4.69, 9.17) is 9.47 Å². The lowest BCUT2D eigenvalue weighted by Gasteiger charge is -2.34. The van der Waals surface area contributed by atoms with E-state index in [0.717, 1.165) is 6.42 Å². The van der Waals surface area contributed by atoms with E-state index in [0.29, 0.717) is 26.3 Å². The van der Waals surface area contributed by atoms with E-state index in [9.17, 15) is 9.59 Å². The van der Waals surface area contributed by atoms with Crippen LogP contribution in [0.1, 0.15) is 19.8 Å². The molecule has 0 saturated carbocycles. The third-order valence-corrected chi connectivity index (χ3v) is 3.70. The molecule has 0 spiro atoms. The summed E-state index contributed by atoms with van der Waals surface area (Å²) >= 11 is 0. The van der Waals surface area contributed by atoms with E-state index in [1.807, 2.05) is 6.92 Å². The Morgan fingerprint density at radius 2 is 2.11 bits per heavy atom. The maximum Gasteiger partial charge on any atom is 0.308 e. The Hall–Kier alpha value is -1.14. The largest absolute Gasteiger partial charge is 0.469 e. The molecular weight excluding hydrogens is 250 g/mol. The van der Waals surface area contributed by atoms with E-state index >= 15 is 0 Å². The molecule has 3 atom stereocenters. The molecular formula is C13H21NO5. The van der Waals surface area contributed by atoms with Gasteiger partial charge < -0.3 is 19.1 Å². The summed E-state index contributed by atoms with van der Waals surface area (Å²) in [4.78, 5) is 25.3. The first kappa shape index (κ1) is 14.3. The maximum absolute atomic E-state index is 12.3. The van der Waals surface area contributed by atoms with Gasteiger partial charge in [-0.1, -0.05) is 6.92 Å². The molecule has 108 valence electrons. The van der Waals surface area contributed by atoms with E-state index in [1.54, 1.807) is 4.90 Å². The Bertz CT molecular complexity index is 346. The standard InChI is InChI=1S/C13H21NO5/c1-9-3-5-19-12(9)13(16)14-4-6-18-10(8-14)7-11(15)17-2/h9-10,12H,3-8H2,1-2H3. The second-order valence-corrected chi connectivity index (χ2v) is 5.11. The zero-order chi connectivity index (χ0) is 13.8. The molecule has 6 heteroatoms. The highest BCUT2D eigenvalue weighted by Gasteiger charge is 2.36. The first-order valence-corrected chi connectivity index (χ1v) is 6.70. The number of hydrogen-bond donors (Lipinski definition) is 0. The molecule has 3 unspecified atom stereocenters. The lowest BCUT2D eigenvalue weighted by molar-refractivity contribution is -0.155. The number of carbonyl (C=O) groups excluding carboxylic acids is 2. The average molecular weight is 271 g/mol. The number of methoxy groups -OCH3 is 1. The Morgan fingerprint density at radius 3 is 2.74 bits per heavy atom. The summed E-state index contributed by atoms with van der Waals surface area (Å²) in [5, 5.41) is 0. The number of amides is 1. The highest BCUT2D eigenvalue weighted by molar-refractivity contribution is 5.81. The number of morpholine rings is 1.